The summed E-state index contributed by atoms with van der Waals surface area (Å²) < 4.78 is 27.6. The zero-order chi connectivity index (χ0) is 23.3. The highest BCUT2D eigenvalue weighted by Crippen LogP contribution is 2.22. The van der Waals surface area contributed by atoms with Crippen LogP contribution in [0.3, 0.4) is 0 Å². The van der Waals surface area contributed by atoms with E-state index >= 15 is 0 Å². The van der Waals surface area contributed by atoms with E-state index in [0.717, 1.165) is 12.1 Å². The fourth-order valence-electron chi connectivity index (χ4n) is 3.61. The molecule has 1 amide bonds. The molecule has 3 heterocycles. The van der Waals surface area contributed by atoms with Gasteiger partial charge in [-0.05, 0) is 55.0 Å². The van der Waals surface area contributed by atoms with Crippen molar-refractivity contribution < 1.29 is 13.2 Å². The molecule has 0 radical (unpaired) electrons. The van der Waals surface area contributed by atoms with Crippen molar-refractivity contribution in [2.24, 2.45) is 0 Å². The van der Waals surface area contributed by atoms with Gasteiger partial charge >= 0.3 is 0 Å². The Morgan fingerprint density at radius 3 is 2.30 bits per heavy atom. The van der Waals surface area contributed by atoms with Gasteiger partial charge in [-0.3, -0.25) is 9.78 Å². The van der Waals surface area contributed by atoms with Gasteiger partial charge in [-0.2, -0.15) is 4.31 Å². The van der Waals surface area contributed by atoms with E-state index in [1.165, 1.54) is 16.4 Å². The number of anilines is 2. The van der Waals surface area contributed by atoms with E-state index < -0.39 is 10.0 Å². The zero-order valence-electron chi connectivity index (χ0n) is 18.4. The molecule has 0 bridgehead atoms. The summed E-state index contributed by atoms with van der Waals surface area (Å²) in [5.74, 6) is 0.624. The van der Waals surface area contributed by atoms with Gasteiger partial charge in [0.25, 0.3) is 0 Å². The van der Waals surface area contributed by atoms with E-state index in [9.17, 15) is 13.2 Å². The first-order chi connectivity index (χ1) is 16.0. The molecule has 0 saturated carbocycles. The van der Waals surface area contributed by atoms with E-state index in [0.29, 0.717) is 49.8 Å². The largest absolute Gasteiger partial charge is 0.352 e. The number of hydrogen-bond donors (Lipinski definition) is 1. The standard InChI is InChI=1S/C23H26N6O3S/c1-2-5-23(30)25-18-7-9-19(10-8-18)33(31,32)29-16-14-28(15-17-29)22-12-11-21(26-27-22)20-6-3-4-13-24-20/h3-4,6-13H,2,5,14-17H2,1H3,(H,25,30). The van der Waals surface area contributed by atoms with Gasteiger partial charge in [-0.15, -0.1) is 10.2 Å². The molecule has 1 aliphatic heterocycles. The van der Waals surface area contributed by atoms with Gasteiger partial charge in [0, 0.05) is 44.5 Å². The van der Waals surface area contributed by atoms with Crippen LogP contribution in [0.2, 0.25) is 0 Å². The molecule has 1 N–H and O–H groups in total. The molecule has 0 atom stereocenters. The first-order valence-corrected chi connectivity index (χ1v) is 12.3. The number of nitrogens with one attached hydrogen (secondary N) is 1. The molecule has 1 saturated heterocycles. The number of aromatic nitrogens is 3. The van der Waals surface area contributed by atoms with Crippen molar-refractivity contribution in [3.05, 3.63) is 60.8 Å². The van der Waals surface area contributed by atoms with Crippen LogP contribution in [0.15, 0.2) is 65.7 Å². The molecule has 0 spiro atoms. The fraction of sp³-hybridized carbons (Fsp3) is 0.304. The second-order valence-corrected chi connectivity index (χ2v) is 9.64. The van der Waals surface area contributed by atoms with Crippen molar-refractivity contribution in [1.82, 2.24) is 19.5 Å². The van der Waals surface area contributed by atoms with Gasteiger partial charge in [0.05, 0.1) is 10.6 Å². The van der Waals surface area contributed by atoms with Crippen LogP contribution >= 0.6 is 0 Å². The van der Waals surface area contributed by atoms with E-state index in [-0.39, 0.29) is 10.8 Å². The van der Waals surface area contributed by atoms with Crippen LogP contribution in [0.25, 0.3) is 11.4 Å². The molecule has 10 heteroatoms. The third kappa shape index (κ3) is 5.35. The third-order valence-corrected chi connectivity index (χ3v) is 7.31. The van der Waals surface area contributed by atoms with Crippen LogP contribution in [0.5, 0.6) is 0 Å². The Bertz CT molecular complexity index is 1180. The number of nitrogens with zero attached hydrogens (tertiary/aromatic N) is 5. The number of carbonyl (C=O) groups excluding carboxylic acids is 1. The summed E-state index contributed by atoms with van der Waals surface area (Å²) in [4.78, 5) is 18.2. The van der Waals surface area contributed by atoms with Gasteiger partial charge in [-0.25, -0.2) is 8.42 Å². The maximum Gasteiger partial charge on any atom is 0.243 e. The normalized spacial score (nSPS) is 14.8. The van der Waals surface area contributed by atoms with Crippen LogP contribution in [-0.2, 0) is 14.8 Å². The summed E-state index contributed by atoms with van der Waals surface area (Å²) >= 11 is 0. The molecule has 1 aromatic carbocycles. The maximum atomic E-state index is 13.1. The minimum Gasteiger partial charge on any atom is -0.352 e. The Kier molecular flexibility index (Phi) is 6.95. The van der Waals surface area contributed by atoms with E-state index in [1.54, 1.807) is 18.3 Å². The number of pyridine rings is 1. The monoisotopic (exact) mass is 466 g/mol. The van der Waals surface area contributed by atoms with Gasteiger partial charge in [0.1, 0.15) is 5.69 Å². The molecule has 1 aliphatic rings. The summed E-state index contributed by atoms with van der Waals surface area (Å²) in [7, 11) is -3.62. The van der Waals surface area contributed by atoms with Crippen molar-refractivity contribution in [3.8, 4) is 11.4 Å². The first kappa shape index (κ1) is 22.8. The molecule has 1 fully saturated rings. The quantitative estimate of drug-likeness (QED) is 0.570. The summed E-state index contributed by atoms with van der Waals surface area (Å²) in [6.45, 7) is 3.66. The molecule has 9 nitrogen and oxygen atoms in total. The molecular formula is C23H26N6O3S. The number of piperazine rings is 1. The SMILES string of the molecule is CCCC(=O)Nc1ccc(S(=O)(=O)N2CCN(c3ccc(-c4ccccn4)nn3)CC2)cc1. The third-order valence-electron chi connectivity index (χ3n) is 5.39. The minimum absolute atomic E-state index is 0.0830. The zero-order valence-corrected chi connectivity index (χ0v) is 19.2. The number of sulfonamides is 1. The average Bonchev–Trinajstić information content (AvgIpc) is 2.85. The van der Waals surface area contributed by atoms with Crippen molar-refractivity contribution >= 4 is 27.4 Å². The fourth-order valence-corrected chi connectivity index (χ4v) is 5.03. The molecular weight excluding hydrogens is 440 g/mol. The van der Waals surface area contributed by atoms with Crippen LogP contribution in [0.4, 0.5) is 11.5 Å². The number of carbonyl (C=O) groups is 1. The molecule has 2 aromatic heterocycles. The Morgan fingerprint density at radius 2 is 1.70 bits per heavy atom. The predicted octanol–water partition coefficient (Wildman–Crippen LogP) is 2.79. The highest BCUT2D eigenvalue weighted by molar-refractivity contribution is 7.89. The Hall–Kier alpha value is -3.37. The van der Waals surface area contributed by atoms with Gasteiger partial charge in [-0.1, -0.05) is 13.0 Å². The lowest BCUT2D eigenvalue weighted by Gasteiger charge is -2.34. The molecule has 0 unspecified atom stereocenters. The van der Waals surface area contributed by atoms with Crippen LogP contribution in [0.1, 0.15) is 19.8 Å². The highest BCUT2D eigenvalue weighted by Gasteiger charge is 2.29. The molecule has 33 heavy (non-hydrogen) atoms. The van der Waals surface area contributed by atoms with Crippen molar-refractivity contribution in [3.63, 3.8) is 0 Å². The number of hydrogen-bond acceptors (Lipinski definition) is 7. The lowest BCUT2D eigenvalue weighted by atomic mass is 10.2. The second kappa shape index (κ2) is 10.1. The predicted molar refractivity (Wildman–Crippen MR) is 126 cm³/mol. The Balaban J connectivity index is 1.37. The smallest absolute Gasteiger partial charge is 0.243 e. The van der Waals surface area contributed by atoms with Crippen LogP contribution in [0, 0.1) is 0 Å². The summed E-state index contributed by atoms with van der Waals surface area (Å²) in [5.41, 5.74) is 2.03. The Labute approximate surface area is 193 Å². The first-order valence-electron chi connectivity index (χ1n) is 10.9. The number of amides is 1. The minimum atomic E-state index is -3.62. The molecule has 172 valence electrons. The van der Waals surface area contributed by atoms with Crippen molar-refractivity contribution in [2.45, 2.75) is 24.7 Å². The van der Waals surface area contributed by atoms with Gasteiger partial charge in [0.15, 0.2) is 5.82 Å². The molecule has 0 aliphatic carbocycles. The van der Waals surface area contributed by atoms with Crippen molar-refractivity contribution in [1.29, 1.82) is 0 Å². The van der Waals surface area contributed by atoms with Crippen LogP contribution in [-0.4, -0.2) is 60.0 Å². The summed E-state index contributed by atoms with van der Waals surface area (Å²) in [5, 5.41) is 11.3. The molecule has 4 rings (SSSR count). The number of rotatable bonds is 7. The Morgan fingerprint density at radius 1 is 0.939 bits per heavy atom. The molecule has 3 aromatic rings. The topological polar surface area (TPSA) is 108 Å². The summed E-state index contributed by atoms with van der Waals surface area (Å²) in [6, 6.07) is 15.7. The van der Waals surface area contributed by atoms with E-state index in [4.69, 9.17) is 0 Å². The number of benzene rings is 1. The maximum absolute atomic E-state index is 13.1. The van der Waals surface area contributed by atoms with Crippen molar-refractivity contribution in [2.75, 3.05) is 36.4 Å². The lowest BCUT2D eigenvalue weighted by Crippen LogP contribution is -2.49. The van der Waals surface area contributed by atoms with Gasteiger partial charge < -0.3 is 10.2 Å². The second-order valence-electron chi connectivity index (χ2n) is 7.71. The van der Waals surface area contributed by atoms with E-state index in [2.05, 4.69) is 20.5 Å². The summed E-state index contributed by atoms with van der Waals surface area (Å²) in [6.07, 6.45) is 2.89. The highest BCUT2D eigenvalue weighted by atomic mass is 32.2. The van der Waals surface area contributed by atoms with Gasteiger partial charge in [0.2, 0.25) is 15.9 Å². The van der Waals surface area contributed by atoms with E-state index in [1.807, 2.05) is 42.2 Å². The van der Waals surface area contributed by atoms with Crippen LogP contribution < -0.4 is 10.2 Å². The lowest BCUT2D eigenvalue weighted by molar-refractivity contribution is -0.116. The average molecular weight is 467 g/mol.